The van der Waals surface area contributed by atoms with Gasteiger partial charge in [0.05, 0.1) is 16.7 Å². The van der Waals surface area contributed by atoms with Gasteiger partial charge >= 0.3 is 0 Å². The van der Waals surface area contributed by atoms with Gasteiger partial charge in [-0.2, -0.15) is 5.10 Å². The number of thiophene rings is 1. The molecule has 0 saturated heterocycles. The Morgan fingerprint density at radius 3 is 2.56 bits per heavy atom. The molecular weight excluding hydrogens is 464 g/mol. The van der Waals surface area contributed by atoms with E-state index >= 15 is 0 Å². The highest BCUT2D eigenvalue weighted by molar-refractivity contribution is 7.25. The SMILES string of the molecule is c1ccc2c(c1)oc1cc3c(cc12)c1ccccc1n3-c1cccc2sc3c(nc4cccnn43)c12. The molecule has 0 aliphatic heterocycles. The molecule has 0 bridgehead atoms. The van der Waals surface area contributed by atoms with E-state index in [1.54, 1.807) is 11.3 Å². The number of hydrogen-bond donors (Lipinski definition) is 0. The van der Waals surface area contributed by atoms with Crippen molar-refractivity contribution in [3.05, 3.63) is 97.2 Å². The number of imidazole rings is 1. The molecule has 5 heterocycles. The van der Waals surface area contributed by atoms with Crippen LogP contribution in [0.15, 0.2) is 102 Å². The van der Waals surface area contributed by atoms with Crippen molar-refractivity contribution in [1.82, 2.24) is 19.2 Å². The second-order valence-corrected chi connectivity index (χ2v) is 10.2. The molecule has 0 aliphatic carbocycles. The molecule has 0 N–H and O–H groups in total. The normalized spacial score (nSPS) is 12.4. The summed E-state index contributed by atoms with van der Waals surface area (Å²) in [5, 5.41) is 10.4. The highest BCUT2D eigenvalue weighted by Crippen LogP contribution is 2.42. The molecule has 0 radical (unpaired) electrons. The van der Waals surface area contributed by atoms with E-state index in [0.717, 1.165) is 60.0 Å². The van der Waals surface area contributed by atoms with E-state index in [0.29, 0.717) is 0 Å². The molecule has 5 nitrogen and oxygen atoms in total. The fourth-order valence-corrected chi connectivity index (χ4v) is 6.83. The number of benzene rings is 4. The van der Waals surface area contributed by atoms with Crippen LogP contribution in [0.3, 0.4) is 0 Å². The van der Waals surface area contributed by atoms with Crippen LogP contribution in [0.25, 0.3) is 75.5 Å². The number of nitrogens with zero attached hydrogens (tertiary/aromatic N) is 4. The Bertz CT molecular complexity index is 2330. The molecule has 0 spiro atoms. The van der Waals surface area contributed by atoms with Gasteiger partial charge in [0.15, 0.2) is 5.65 Å². The molecule has 0 unspecified atom stereocenters. The van der Waals surface area contributed by atoms with E-state index in [-0.39, 0.29) is 0 Å². The Balaban J connectivity index is 1.48. The zero-order valence-corrected chi connectivity index (χ0v) is 19.7. The van der Waals surface area contributed by atoms with Crippen molar-refractivity contribution in [1.29, 1.82) is 0 Å². The minimum atomic E-state index is 0.863. The first-order valence-electron chi connectivity index (χ1n) is 11.8. The molecule has 168 valence electrons. The molecule has 0 fully saturated rings. The predicted octanol–water partition coefficient (Wildman–Crippen LogP) is 8.09. The fourth-order valence-electron chi connectivity index (χ4n) is 5.70. The molecule has 9 aromatic rings. The molecule has 4 aromatic carbocycles. The molecule has 0 amide bonds. The molecule has 0 aliphatic rings. The Hall–Kier alpha value is -4.68. The Morgan fingerprint density at radius 1 is 0.694 bits per heavy atom. The maximum absolute atomic E-state index is 6.29. The lowest BCUT2D eigenvalue weighted by atomic mass is 10.1. The average Bonchev–Trinajstić information content (AvgIpc) is 3.65. The van der Waals surface area contributed by atoms with Crippen LogP contribution in [-0.4, -0.2) is 19.2 Å². The summed E-state index contributed by atoms with van der Waals surface area (Å²) < 4.78 is 11.8. The van der Waals surface area contributed by atoms with Gasteiger partial charge < -0.3 is 8.98 Å². The van der Waals surface area contributed by atoms with Crippen LogP contribution in [0.4, 0.5) is 0 Å². The van der Waals surface area contributed by atoms with Gasteiger partial charge in [0.1, 0.15) is 21.5 Å². The van der Waals surface area contributed by atoms with E-state index in [1.807, 2.05) is 35.0 Å². The van der Waals surface area contributed by atoms with Crippen molar-refractivity contribution in [3.8, 4) is 5.69 Å². The van der Waals surface area contributed by atoms with Gasteiger partial charge in [0.2, 0.25) is 0 Å². The third-order valence-electron chi connectivity index (χ3n) is 7.21. The highest BCUT2D eigenvalue weighted by Gasteiger charge is 2.21. The third kappa shape index (κ3) is 2.25. The largest absolute Gasteiger partial charge is 0.456 e. The van der Waals surface area contributed by atoms with Crippen LogP contribution in [0.5, 0.6) is 0 Å². The van der Waals surface area contributed by atoms with Crippen LogP contribution in [0, 0.1) is 0 Å². The smallest absolute Gasteiger partial charge is 0.155 e. The van der Waals surface area contributed by atoms with Crippen molar-refractivity contribution in [2.45, 2.75) is 0 Å². The third-order valence-corrected chi connectivity index (χ3v) is 8.33. The quantitative estimate of drug-likeness (QED) is 0.238. The van der Waals surface area contributed by atoms with Crippen LogP contribution >= 0.6 is 11.3 Å². The minimum absolute atomic E-state index is 0.863. The van der Waals surface area contributed by atoms with Crippen molar-refractivity contribution >= 4 is 81.2 Å². The van der Waals surface area contributed by atoms with E-state index in [4.69, 9.17) is 9.40 Å². The first-order valence-corrected chi connectivity index (χ1v) is 12.7. The van der Waals surface area contributed by atoms with Crippen LogP contribution in [0.2, 0.25) is 0 Å². The summed E-state index contributed by atoms with van der Waals surface area (Å²) in [5.41, 5.74) is 7.06. The zero-order valence-electron chi connectivity index (χ0n) is 18.8. The lowest BCUT2D eigenvalue weighted by Gasteiger charge is -2.09. The first kappa shape index (κ1) is 18.6. The van der Waals surface area contributed by atoms with Crippen LogP contribution in [-0.2, 0) is 0 Å². The van der Waals surface area contributed by atoms with Gasteiger partial charge in [-0.3, -0.25) is 0 Å². The average molecular weight is 481 g/mol. The summed E-state index contributed by atoms with van der Waals surface area (Å²) in [6, 6.07) is 31.8. The Kier molecular flexibility index (Phi) is 3.36. The van der Waals surface area contributed by atoms with Crippen molar-refractivity contribution in [2.75, 3.05) is 0 Å². The molecule has 6 heteroatoms. The van der Waals surface area contributed by atoms with Crippen molar-refractivity contribution in [3.63, 3.8) is 0 Å². The minimum Gasteiger partial charge on any atom is -0.456 e. The topological polar surface area (TPSA) is 48.3 Å². The molecule has 0 atom stereocenters. The number of furan rings is 1. The van der Waals surface area contributed by atoms with Gasteiger partial charge in [-0.1, -0.05) is 42.5 Å². The summed E-state index contributed by atoms with van der Waals surface area (Å²) >= 11 is 1.73. The lowest BCUT2D eigenvalue weighted by Crippen LogP contribution is -1.94. The lowest BCUT2D eigenvalue weighted by molar-refractivity contribution is 0.669. The van der Waals surface area contributed by atoms with Gasteiger partial charge in [-0.05, 0) is 42.5 Å². The van der Waals surface area contributed by atoms with Crippen LogP contribution < -0.4 is 0 Å². The summed E-state index contributed by atoms with van der Waals surface area (Å²) in [5.74, 6) is 0. The number of aromatic nitrogens is 4. The molecule has 9 rings (SSSR count). The van der Waals surface area contributed by atoms with E-state index < -0.39 is 0 Å². The van der Waals surface area contributed by atoms with E-state index in [2.05, 4.69) is 76.4 Å². The summed E-state index contributed by atoms with van der Waals surface area (Å²) in [7, 11) is 0. The van der Waals surface area contributed by atoms with Crippen molar-refractivity contribution < 1.29 is 4.42 Å². The van der Waals surface area contributed by atoms with Gasteiger partial charge in [-0.25, -0.2) is 9.50 Å². The Morgan fingerprint density at radius 2 is 1.58 bits per heavy atom. The molecular formula is C30H16N4OS. The molecule has 0 saturated carbocycles. The molecule has 36 heavy (non-hydrogen) atoms. The molecule has 5 aromatic heterocycles. The van der Waals surface area contributed by atoms with Gasteiger partial charge in [0, 0.05) is 43.9 Å². The van der Waals surface area contributed by atoms with Gasteiger partial charge in [-0.15, -0.1) is 11.3 Å². The maximum atomic E-state index is 6.29. The first-order chi connectivity index (χ1) is 17.8. The van der Waals surface area contributed by atoms with E-state index in [1.165, 1.54) is 15.5 Å². The summed E-state index contributed by atoms with van der Waals surface area (Å²) in [6.07, 6.45) is 1.81. The number of hydrogen-bond acceptors (Lipinski definition) is 4. The predicted molar refractivity (Wildman–Crippen MR) is 147 cm³/mol. The standard InChI is InChI=1S/C30H16N4OS/c1-3-9-21-17(7-1)19-15-20-18-8-2-4-11-24(18)35-25(20)16-23(19)33(21)22-10-5-12-26-28(22)29-30(36-26)34-27(32-29)13-6-14-31-34/h1-16H. The number of para-hydroxylation sites is 2. The second kappa shape index (κ2) is 6.50. The maximum Gasteiger partial charge on any atom is 0.155 e. The van der Waals surface area contributed by atoms with Crippen molar-refractivity contribution in [2.24, 2.45) is 0 Å². The number of fused-ring (bicyclic) bond motifs is 11. The monoisotopic (exact) mass is 480 g/mol. The Labute approximate surface area is 207 Å². The highest BCUT2D eigenvalue weighted by atomic mass is 32.1. The second-order valence-electron chi connectivity index (χ2n) is 9.13. The van der Waals surface area contributed by atoms with Crippen LogP contribution in [0.1, 0.15) is 0 Å². The number of rotatable bonds is 1. The fraction of sp³-hybridized carbons (Fsp3) is 0. The van der Waals surface area contributed by atoms with E-state index in [9.17, 15) is 0 Å². The van der Waals surface area contributed by atoms with Gasteiger partial charge in [0.25, 0.3) is 0 Å². The zero-order chi connectivity index (χ0) is 23.4. The summed E-state index contributed by atoms with van der Waals surface area (Å²) in [6.45, 7) is 0. The summed E-state index contributed by atoms with van der Waals surface area (Å²) in [4.78, 5) is 6.06.